The molecule has 2 aromatic heterocycles. The van der Waals surface area contributed by atoms with E-state index in [0.717, 1.165) is 25.7 Å². The van der Waals surface area contributed by atoms with Crippen molar-refractivity contribution in [3.8, 4) is 11.4 Å². The Bertz CT molecular complexity index is 1030. The van der Waals surface area contributed by atoms with Crippen LogP contribution in [0.1, 0.15) is 38.4 Å². The van der Waals surface area contributed by atoms with Gasteiger partial charge in [0.05, 0.1) is 5.60 Å². The summed E-state index contributed by atoms with van der Waals surface area (Å²) in [7, 11) is 0. The number of imidazole rings is 1. The van der Waals surface area contributed by atoms with Crippen LogP contribution in [0.2, 0.25) is 0 Å². The second-order valence-corrected chi connectivity index (χ2v) is 6.97. The predicted octanol–water partition coefficient (Wildman–Crippen LogP) is 3.97. The van der Waals surface area contributed by atoms with Gasteiger partial charge in [0.25, 0.3) is 0 Å². The SMILES string of the molecule is CCn1c(-c2cccc(F)c2)nc2c(N)nc(C=CC3(O)CCCC3)nc21.Cl. The quantitative estimate of drug-likeness (QED) is 0.687. The van der Waals surface area contributed by atoms with E-state index in [1.165, 1.54) is 12.1 Å². The molecule has 0 spiro atoms. The van der Waals surface area contributed by atoms with Crippen LogP contribution in [0.25, 0.3) is 28.6 Å². The Labute approximate surface area is 168 Å². The van der Waals surface area contributed by atoms with Gasteiger partial charge in [0, 0.05) is 12.1 Å². The maximum atomic E-state index is 13.6. The molecule has 1 aliphatic carbocycles. The molecule has 8 heteroatoms. The molecule has 0 atom stereocenters. The summed E-state index contributed by atoms with van der Waals surface area (Å²) in [6.45, 7) is 2.57. The van der Waals surface area contributed by atoms with Crippen molar-refractivity contribution in [3.05, 3.63) is 42.0 Å². The zero-order chi connectivity index (χ0) is 19.0. The number of aliphatic hydroxyl groups is 1. The third-order valence-corrected chi connectivity index (χ3v) is 5.05. The molecule has 148 valence electrons. The predicted molar refractivity (Wildman–Crippen MR) is 111 cm³/mol. The minimum atomic E-state index is -0.787. The highest BCUT2D eigenvalue weighted by molar-refractivity contribution is 5.86. The lowest BCUT2D eigenvalue weighted by Crippen LogP contribution is -2.19. The van der Waals surface area contributed by atoms with Crippen LogP contribution in [0.15, 0.2) is 30.3 Å². The summed E-state index contributed by atoms with van der Waals surface area (Å²) >= 11 is 0. The summed E-state index contributed by atoms with van der Waals surface area (Å²) in [5, 5.41) is 10.5. The Morgan fingerprint density at radius 1 is 1.25 bits per heavy atom. The summed E-state index contributed by atoms with van der Waals surface area (Å²) in [4.78, 5) is 13.5. The summed E-state index contributed by atoms with van der Waals surface area (Å²) < 4.78 is 15.5. The van der Waals surface area contributed by atoms with Gasteiger partial charge in [0.2, 0.25) is 0 Å². The average Bonchev–Trinajstić information content (AvgIpc) is 3.24. The number of fused-ring (bicyclic) bond motifs is 1. The number of nitrogens with zero attached hydrogens (tertiary/aromatic N) is 4. The Morgan fingerprint density at radius 3 is 2.68 bits per heavy atom. The number of nitrogen functional groups attached to an aromatic ring is 1. The van der Waals surface area contributed by atoms with Gasteiger partial charge in [-0.15, -0.1) is 12.4 Å². The molecule has 2 heterocycles. The lowest BCUT2D eigenvalue weighted by molar-refractivity contribution is 0.100. The molecular formula is C20H23ClFN5O. The first-order chi connectivity index (χ1) is 13.0. The molecule has 4 rings (SSSR count). The van der Waals surface area contributed by atoms with Crippen molar-refractivity contribution >= 4 is 35.5 Å². The molecule has 28 heavy (non-hydrogen) atoms. The first-order valence-electron chi connectivity index (χ1n) is 9.20. The molecule has 1 fully saturated rings. The number of benzene rings is 1. The van der Waals surface area contributed by atoms with Crippen molar-refractivity contribution in [2.45, 2.75) is 44.8 Å². The van der Waals surface area contributed by atoms with E-state index in [-0.39, 0.29) is 24.0 Å². The van der Waals surface area contributed by atoms with Gasteiger partial charge in [-0.2, -0.15) is 0 Å². The van der Waals surface area contributed by atoms with Crippen molar-refractivity contribution in [2.24, 2.45) is 0 Å². The maximum Gasteiger partial charge on any atom is 0.166 e. The Morgan fingerprint density at radius 2 is 2.00 bits per heavy atom. The Hall–Kier alpha value is -2.51. The van der Waals surface area contributed by atoms with E-state index in [4.69, 9.17) is 5.73 Å². The van der Waals surface area contributed by atoms with Gasteiger partial charge in [0.1, 0.15) is 11.6 Å². The summed E-state index contributed by atoms with van der Waals surface area (Å²) in [5.41, 5.74) is 7.09. The van der Waals surface area contributed by atoms with Gasteiger partial charge >= 0.3 is 0 Å². The van der Waals surface area contributed by atoms with E-state index in [9.17, 15) is 9.50 Å². The minimum absolute atomic E-state index is 0. The lowest BCUT2D eigenvalue weighted by Gasteiger charge is -2.16. The Balaban J connectivity index is 0.00000225. The van der Waals surface area contributed by atoms with Crippen LogP contribution in [0.4, 0.5) is 10.2 Å². The number of hydrogen-bond acceptors (Lipinski definition) is 5. The largest absolute Gasteiger partial charge is 0.386 e. The van der Waals surface area contributed by atoms with E-state index in [1.54, 1.807) is 24.3 Å². The van der Waals surface area contributed by atoms with Crippen molar-refractivity contribution in [3.63, 3.8) is 0 Å². The number of aryl methyl sites for hydroxylation is 1. The Kier molecular flexibility index (Phi) is 5.67. The molecule has 0 amide bonds. The van der Waals surface area contributed by atoms with Gasteiger partial charge in [-0.1, -0.05) is 25.0 Å². The van der Waals surface area contributed by atoms with Crippen molar-refractivity contribution < 1.29 is 9.50 Å². The van der Waals surface area contributed by atoms with Gasteiger partial charge in [-0.3, -0.25) is 0 Å². The first kappa shape index (κ1) is 20.2. The third kappa shape index (κ3) is 3.72. The number of nitrogens with two attached hydrogens (primary N) is 1. The molecule has 0 radical (unpaired) electrons. The molecule has 0 bridgehead atoms. The average molecular weight is 404 g/mol. The molecule has 1 aromatic carbocycles. The second kappa shape index (κ2) is 7.85. The fourth-order valence-corrected chi connectivity index (χ4v) is 3.64. The fraction of sp³-hybridized carbons (Fsp3) is 0.350. The molecule has 0 saturated heterocycles. The van der Waals surface area contributed by atoms with Crippen LogP contribution < -0.4 is 5.73 Å². The van der Waals surface area contributed by atoms with E-state index in [1.807, 2.05) is 11.5 Å². The molecular weight excluding hydrogens is 381 g/mol. The number of hydrogen-bond donors (Lipinski definition) is 2. The molecule has 0 aliphatic heterocycles. The molecule has 1 aliphatic rings. The fourth-order valence-electron chi connectivity index (χ4n) is 3.64. The van der Waals surface area contributed by atoms with Crippen LogP contribution in [-0.2, 0) is 6.54 Å². The van der Waals surface area contributed by atoms with Crippen LogP contribution >= 0.6 is 12.4 Å². The minimum Gasteiger partial charge on any atom is -0.386 e. The van der Waals surface area contributed by atoms with Crippen molar-refractivity contribution in [2.75, 3.05) is 5.73 Å². The second-order valence-electron chi connectivity index (χ2n) is 6.97. The van der Waals surface area contributed by atoms with Crippen molar-refractivity contribution in [1.29, 1.82) is 0 Å². The number of anilines is 1. The maximum absolute atomic E-state index is 13.6. The van der Waals surface area contributed by atoms with E-state index in [2.05, 4.69) is 15.0 Å². The molecule has 0 unspecified atom stereocenters. The number of halogens is 2. The monoisotopic (exact) mass is 403 g/mol. The zero-order valence-electron chi connectivity index (χ0n) is 15.6. The normalized spacial score (nSPS) is 16.0. The van der Waals surface area contributed by atoms with Gasteiger partial charge in [-0.05, 0) is 44.1 Å². The highest BCUT2D eigenvalue weighted by atomic mass is 35.5. The van der Waals surface area contributed by atoms with Crippen LogP contribution in [0, 0.1) is 5.82 Å². The third-order valence-electron chi connectivity index (χ3n) is 5.05. The number of rotatable bonds is 4. The van der Waals surface area contributed by atoms with Crippen LogP contribution in [0.5, 0.6) is 0 Å². The van der Waals surface area contributed by atoms with E-state index < -0.39 is 5.60 Å². The van der Waals surface area contributed by atoms with Crippen molar-refractivity contribution in [1.82, 2.24) is 19.5 Å². The lowest BCUT2D eigenvalue weighted by atomic mass is 10.0. The van der Waals surface area contributed by atoms with E-state index in [0.29, 0.717) is 34.9 Å². The topological polar surface area (TPSA) is 89.9 Å². The summed E-state index contributed by atoms with van der Waals surface area (Å²) in [6, 6.07) is 6.28. The smallest absolute Gasteiger partial charge is 0.166 e. The first-order valence-corrected chi connectivity index (χ1v) is 9.20. The number of aromatic nitrogens is 4. The highest BCUT2D eigenvalue weighted by Gasteiger charge is 2.28. The highest BCUT2D eigenvalue weighted by Crippen LogP contribution is 2.31. The molecule has 3 aromatic rings. The molecule has 1 saturated carbocycles. The molecule has 6 nitrogen and oxygen atoms in total. The summed E-state index contributed by atoms with van der Waals surface area (Å²) in [5.74, 6) is 0.974. The van der Waals surface area contributed by atoms with Crippen LogP contribution in [0.3, 0.4) is 0 Å². The van der Waals surface area contributed by atoms with Gasteiger partial charge in [-0.25, -0.2) is 19.3 Å². The zero-order valence-corrected chi connectivity index (χ0v) is 16.4. The molecule has 3 N–H and O–H groups in total. The summed E-state index contributed by atoms with van der Waals surface area (Å²) in [6.07, 6.45) is 7.01. The van der Waals surface area contributed by atoms with Gasteiger partial charge < -0.3 is 15.4 Å². The van der Waals surface area contributed by atoms with Gasteiger partial charge in [0.15, 0.2) is 22.8 Å². The standard InChI is InChI=1S/C20H22FN5O.ClH/c1-2-26-18(13-6-5-7-14(21)12-13)25-16-17(22)23-15(24-19(16)26)8-11-20(27)9-3-4-10-20;/h5-8,11-12,27H,2-4,9-10H2,1H3,(H2,22,23,24);1H. The van der Waals surface area contributed by atoms with E-state index >= 15 is 0 Å². The van der Waals surface area contributed by atoms with Crippen LogP contribution in [-0.4, -0.2) is 30.2 Å².